The minimum atomic E-state index is -1.11. The summed E-state index contributed by atoms with van der Waals surface area (Å²) in [5, 5.41) is 39.4. The summed E-state index contributed by atoms with van der Waals surface area (Å²) >= 11 is 0. The number of para-hydroxylation sites is 1. The Morgan fingerprint density at radius 2 is 1.63 bits per heavy atom. The maximum atomic E-state index is 15.0. The summed E-state index contributed by atoms with van der Waals surface area (Å²) in [5.74, 6) is -3.60. The Bertz CT molecular complexity index is 1780. The predicted octanol–water partition coefficient (Wildman–Crippen LogP) is 7.72. The van der Waals surface area contributed by atoms with Gasteiger partial charge in [0.25, 0.3) is 0 Å². The van der Waals surface area contributed by atoms with Crippen LogP contribution in [0.2, 0.25) is 0 Å². The van der Waals surface area contributed by atoms with Gasteiger partial charge in [0.1, 0.15) is 11.5 Å². The second kappa shape index (κ2) is 9.44. The van der Waals surface area contributed by atoms with E-state index in [1.54, 1.807) is 36.4 Å². The lowest BCUT2D eigenvalue weighted by atomic mass is 10.0. The number of carbonyl (C=O) groups is 1. The van der Waals surface area contributed by atoms with Gasteiger partial charge in [0, 0.05) is 22.7 Å². The van der Waals surface area contributed by atoms with Gasteiger partial charge in [-0.1, -0.05) is 30.3 Å². The van der Waals surface area contributed by atoms with E-state index in [2.05, 4.69) is 10.2 Å². The van der Waals surface area contributed by atoms with Gasteiger partial charge in [-0.05, 0) is 66.9 Å². The van der Waals surface area contributed by atoms with Gasteiger partial charge in [0.2, 0.25) is 5.88 Å². The van der Waals surface area contributed by atoms with E-state index in [0.717, 1.165) is 23.3 Å². The summed E-state index contributed by atoms with van der Waals surface area (Å²) in [7, 11) is 0. The zero-order valence-corrected chi connectivity index (χ0v) is 20.3. The first-order valence-corrected chi connectivity index (χ1v) is 11.5. The van der Waals surface area contributed by atoms with Gasteiger partial charge in [-0.15, -0.1) is 10.2 Å². The van der Waals surface area contributed by atoms with Crippen molar-refractivity contribution in [3.8, 4) is 28.4 Å². The van der Waals surface area contributed by atoms with Crippen molar-refractivity contribution in [3.63, 3.8) is 0 Å². The lowest BCUT2D eigenvalue weighted by molar-refractivity contribution is 0.0697. The molecular weight excluding hydrogens is 492 g/mol. The lowest BCUT2D eigenvalue weighted by Gasteiger charge is -2.10. The second-order valence-electron chi connectivity index (χ2n) is 8.82. The van der Waals surface area contributed by atoms with E-state index in [4.69, 9.17) is 0 Å². The highest BCUT2D eigenvalue weighted by atomic mass is 19.1. The monoisotopic (exact) mass is 513 g/mol. The molecule has 7 nitrogen and oxygen atoms in total. The summed E-state index contributed by atoms with van der Waals surface area (Å²) in [6.45, 7) is 3.79. The molecule has 5 rings (SSSR count). The quantitative estimate of drug-likeness (QED) is 0.209. The normalized spacial score (nSPS) is 11.5. The molecule has 4 aromatic carbocycles. The third kappa shape index (κ3) is 4.24. The van der Waals surface area contributed by atoms with Crippen LogP contribution < -0.4 is 0 Å². The van der Waals surface area contributed by atoms with Crippen molar-refractivity contribution in [3.05, 3.63) is 101 Å². The number of fused-ring (bicyclic) bond motifs is 1. The molecule has 0 spiro atoms. The summed E-state index contributed by atoms with van der Waals surface area (Å²) < 4.78 is 30.4. The van der Waals surface area contributed by atoms with E-state index in [0.29, 0.717) is 16.8 Å². The summed E-state index contributed by atoms with van der Waals surface area (Å²) in [6, 6.07) is 17.7. The molecule has 0 bridgehead atoms. The Balaban J connectivity index is 1.65. The Labute approximate surface area is 215 Å². The van der Waals surface area contributed by atoms with Gasteiger partial charge >= 0.3 is 5.97 Å². The van der Waals surface area contributed by atoms with Crippen molar-refractivity contribution in [1.82, 2.24) is 4.57 Å². The Morgan fingerprint density at radius 3 is 2.37 bits per heavy atom. The van der Waals surface area contributed by atoms with Crippen molar-refractivity contribution in [2.75, 3.05) is 0 Å². The average molecular weight is 514 g/mol. The van der Waals surface area contributed by atoms with Crippen molar-refractivity contribution < 1.29 is 28.9 Å². The number of carboxylic acid groups (broad SMARTS) is 1. The fourth-order valence-electron chi connectivity index (χ4n) is 4.29. The first-order chi connectivity index (χ1) is 18.2. The topological polar surface area (TPSA) is 107 Å². The van der Waals surface area contributed by atoms with Gasteiger partial charge in [0.05, 0.1) is 11.1 Å². The molecule has 0 radical (unpaired) electrons. The van der Waals surface area contributed by atoms with Crippen molar-refractivity contribution in [1.29, 1.82) is 0 Å². The Kier molecular flexibility index (Phi) is 6.12. The molecule has 1 heterocycles. The number of azo groups is 1. The molecule has 0 aliphatic carbocycles. The van der Waals surface area contributed by atoms with E-state index in [9.17, 15) is 28.9 Å². The molecule has 0 aliphatic heterocycles. The molecule has 38 heavy (non-hydrogen) atoms. The minimum Gasteiger partial charge on any atom is -0.505 e. The minimum absolute atomic E-state index is 0.00610. The van der Waals surface area contributed by atoms with Crippen LogP contribution in [-0.2, 0) is 0 Å². The number of phenols is 1. The van der Waals surface area contributed by atoms with Gasteiger partial charge in [-0.3, -0.25) is 4.57 Å². The van der Waals surface area contributed by atoms with Gasteiger partial charge in [0.15, 0.2) is 17.3 Å². The van der Waals surface area contributed by atoms with Crippen LogP contribution in [0.15, 0.2) is 83.0 Å². The third-order valence-corrected chi connectivity index (χ3v) is 6.37. The van der Waals surface area contributed by atoms with Crippen LogP contribution in [0.5, 0.6) is 11.6 Å². The zero-order valence-electron chi connectivity index (χ0n) is 20.3. The molecule has 1 aromatic heterocycles. The van der Waals surface area contributed by atoms with E-state index in [1.807, 2.05) is 19.9 Å². The first-order valence-electron chi connectivity index (χ1n) is 11.5. The first kappa shape index (κ1) is 24.6. The molecule has 0 amide bonds. The number of rotatable bonds is 5. The number of phenolic OH excluding ortho intramolecular Hbond substituents is 1. The fourth-order valence-corrected chi connectivity index (χ4v) is 4.29. The summed E-state index contributed by atoms with van der Waals surface area (Å²) in [5.41, 5.74) is 2.89. The number of aromatic carboxylic acids is 1. The van der Waals surface area contributed by atoms with Crippen LogP contribution in [0.1, 0.15) is 21.5 Å². The van der Waals surface area contributed by atoms with Crippen LogP contribution >= 0.6 is 0 Å². The SMILES string of the molecule is Cc1ccc(-n2c(O)c(N=Nc3cccc(-c4cccc(C(=O)O)c4)c3O)c3cc(F)cc(F)c32)cc1C. The number of aromatic nitrogens is 1. The third-order valence-electron chi connectivity index (χ3n) is 6.37. The van der Waals surface area contributed by atoms with E-state index in [1.165, 1.54) is 22.8 Å². The lowest BCUT2D eigenvalue weighted by Crippen LogP contribution is -1.97. The number of nitrogens with zero attached hydrogens (tertiary/aromatic N) is 3. The highest BCUT2D eigenvalue weighted by molar-refractivity contribution is 5.97. The molecule has 190 valence electrons. The van der Waals surface area contributed by atoms with Gasteiger partial charge in [-0.2, -0.15) is 0 Å². The average Bonchev–Trinajstić information content (AvgIpc) is 3.16. The molecule has 0 aliphatic rings. The number of benzene rings is 4. The van der Waals surface area contributed by atoms with Gasteiger partial charge < -0.3 is 15.3 Å². The molecule has 0 saturated carbocycles. The largest absolute Gasteiger partial charge is 0.505 e. The highest BCUT2D eigenvalue weighted by Crippen LogP contribution is 2.44. The highest BCUT2D eigenvalue weighted by Gasteiger charge is 2.23. The fraction of sp³-hybridized carbons (Fsp3) is 0.0690. The molecule has 5 aromatic rings. The number of halogens is 2. The maximum Gasteiger partial charge on any atom is 0.335 e. The van der Waals surface area contributed by atoms with Crippen LogP contribution in [0, 0.1) is 25.5 Å². The Morgan fingerprint density at radius 1 is 0.868 bits per heavy atom. The number of hydrogen-bond donors (Lipinski definition) is 3. The number of hydrogen-bond acceptors (Lipinski definition) is 5. The molecule has 3 N–H and O–H groups in total. The van der Waals surface area contributed by atoms with Crippen LogP contribution in [-0.4, -0.2) is 25.9 Å². The number of carboxylic acids is 1. The number of aromatic hydroxyl groups is 2. The standard InChI is InChI=1S/C29H21F2N3O4/c1-15-9-10-20(11-16(15)2)34-26-22(13-19(30)14-23(26)31)25(28(34)36)33-32-24-8-4-7-21(27(24)35)17-5-3-6-18(12-17)29(37)38/h3-14,35-36H,1-2H3,(H,37,38). The van der Waals surface area contributed by atoms with Gasteiger partial charge in [-0.25, -0.2) is 13.6 Å². The molecule has 9 heteroatoms. The molecule has 0 saturated heterocycles. The van der Waals surface area contributed by atoms with Crippen LogP contribution in [0.3, 0.4) is 0 Å². The molecule has 0 atom stereocenters. The van der Waals surface area contributed by atoms with E-state index in [-0.39, 0.29) is 33.6 Å². The predicted molar refractivity (Wildman–Crippen MR) is 139 cm³/mol. The second-order valence-corrected chi connectivity index (χ2v) is 8.82. The van der Waals surface area contributed by atoms with E-state index >= 15 is 0 Å². The van der Waals surface area contributed by atoms with Crippen LogP contribution in [0.25, 0.3) is 27.7 Å². The smallest absolute Gasteiger partial charge is 0.335 e. The van der Waals surface area contributed by atoms with Crippen molar-refractivity contribution in [2.45, 2.75) is 13.8 Å². The maximum absolute atomic E-state index is 15.0. The Hall–Kier alpha value is -5.05. The summed E-state index contributed by atoms with van der Waals surface area (Å²) in [4.78, 5) is 11.3. The zero-order chi connectivity index (χ0) is 27.1. The van der Waals surface area contributed by atoms with Crippen molar-refractivity contribution >= 4 is 28.2 Å². The van der Waals surface area contributed by atoms with E-state index < -0.39 is 23.5 Å². The van der Waals surface area contributed by atoms with Crippen molar-refractivity contribution in [2.24, 2.45) is 10.2 Å². The summed E-state index contributed by atoms with van der Waals surface area (Å²) in [6.07, 6.45) is 0. The van der Waals surface area contributed by atoms with Crippen LogP contribution in [0.4, 0.5) is 20.2 Å². The molecule has 0 fully saturated rings. The number of aryl methyl sites for hydroxylation is 2. The molecule has 0 unspecified atom stereocenters. The molecular formula is C29H21F2N3O4.